The van der Waals surface area contributed by atoms with Gasteiger partial charge < -0.3 is 20.6 Å². The molecule has 0 saturated heterocycles. The summed E-state index contributed by atoms with van der Waals surface area (Å²) in [5, 5.41) is 31.2. The van der Waals surface area contributed by atoms with Crippen LogP contribution in [0.4, 0.5) is 4.39 Å². The molecule has 0 aromatic heterocycles. The highest BCUT2D eigenvalue weighted by atomic mass is 35.5. The Morgan fingerprint density at radius 2 is 1.56 bits per heavy atom. The van der Waals surface area contributed by atoms with Gasteiger partial charge in [-0.3, -0.25) is 4.79 Å². The predicted molar refractivity (Wildman–Crippen MR) is 124 cm³/mol. The number of hydrogen-bond donors (Lipinski definition) is 4. The van der Waals surface area contributed by atoms with Gasteiger partial charge in [0.25, 0.3) is 5.91 Å². The topological polar surface area (TPSA) is 124 Å². The third-order valence-electron chi connectivity index (χ3n) is 5.09. The molecule has 0 aliphatic heterocycles. The Balaban J connectivity index is 1.99. The zero-order chi connectivity index (χ0) is 25.0. The maximum absolute atomic E-state index is 14.8. The van der Waals surface area contributed by atoms with E-state index in [0.717, 1.165) is 12.1 Å². The lowest BCUT2D eigenvalue weighted by Gasteiger charge is -2.22. The molecule has 3 aromatic rings. The Bertz CT molecular complexity index is 1270. The monoisotopic (exact) mass is 505 g/mol. The van der Waals surface area contributed by atoms with Crippen molar-refractivity contribution >= 4 is 41.0 Å². The number of benzene rings is 3. The number of amides is 1. The van der Waals surface area contributed by atoms with Crippen LogP contribution in [0, 0.1) is 5.82 Å². The Kier molecular flexibility index (Phi) is 7.88. The van der Waals surface area contributed by atoms with Crippen molar-refractivity contribution in [2.24, 2.45) is 0 Å². The Hall–Kier alpha value is -3.46. The molecule has 4 N–H and O–H groups in total. The standard InChI is InChI=1S/C24H18Cl2FNO6/c25-17-8-4-1-5-12(17)11-19(21(29)24(33)34)28-22(30)13-9-16(20(27)18(26)10-13)14-6-2-3-7-15(14)23(31)32/h1-10,19,21,29H,11H2,(H,28,30)(H,31,32)(H,33,34)/t19-,21-/m1/s1. The molecule has 3 rings (SSSR count). The molecule has 0 aliphatic rings. The molecule has 0 radical (unpaired) electrons. The van der Waals surface area contributed by atoms with E-state index in [1.807, 2.05) is 0 Å². The molecule has 0 heterocycles. The second-order valence-corrected chi connectivity index (χ2v) is 8.14. The molecule has 1 amide bonds. The van der Waals surface area contributed by atoms with E-state index in [2.05, 4.69) is 5.32 Å². The van der Waals surface area contributed by atoms with Gasteiger partial charge in [-0.2, -0.15) is 0 Å². The van der Waals surface area contributed by atoms with Crippen molar-refractivity contribution < 1.29 is 34.1 Å². The minimum atomic E-state index is -1.97. The molecular weight excluding hydrogens is 488 g/mol. The summed E-state index contributed by atoms with van der Waals surface area (Å²) < 4.78 is 14.8. The number of carboxylic acids is 2. The van der Waals surface area contributed by atoms with Gasteiger partial charge in [0.15, 0.2) is 6.10 Å². The summed E-state index contributed by atoms with van der Waals surface area (Å²) in [7, 11) is 0. The molecule has 0 aliphatic carbocycles. The number of halogens is 3. The normalized spacial score (nSPS) is 12.6. The number of carbonyl (C=O) groups excluding carboxylic acids is 1. The Labute approximate surface area is 203 Å². The van der Waals surface area contributed by atoms with Crippen molar-refractivity contribution in [1.29, 1.82) is 0 Å². The highest BCUT2D eigenvalue weighted by molar-refractivity contribution is 6.31. The van der Waals surface area contributed by atoms with Gasteiger partial charge in [0.2, 0.25) is 0 Å². The first kappa shape index (κ1) is 25.2. The average molecular weight is 506 g/mol. The van der Waals surface area contributed by atoms with Crippen LogP contribution in [-0.2, 0) is 11.2 Å². The number of nitrogens with one attached hydrogen (secondary N) is 1. The van der Waals surface area contributed by atoms with Crippen molar-refractivity contribution in [2.75, 3.05) is 0 Å². The van der Waals surface area contributed by atoms with Crippen molar-refractivity contribution in [3.05, 3.63) is 93.2 Å². The summed E-state index contributed by atoms with van der Waals surface area (Å²) >= 11 is 12.1. The Morgan fingerprint density at radius 1 is 0.912 bits per heavy atom. The molecule has 3 aromatic carbocycles. The van der Waals surface area contributed by atoms with Gasteiger partial charge in [0.1, 0.15) is 5.82 Å². The van der Waals surface area contributed by atoms with E-state index in [-0.39, 0.29) is 28.7 Å². The van der Waals surface area contributed by atoms with Crippen molar-refractivity contribution in [3.8, 4) is 11.1 Å². The smallest absolute Gasteiger partial charge is 0.336 e. The van der Waals surface area contributed by atoms with E-state index in [1.54, 1.807) is 24.3 Å². The van der Waals surface area contributed by atoms with Crippen LogP contribution in [0.25, 0.3) is 11.1 Å². The van der Waals surface area contributed by atoms with Gasteiger partial charge in [-0.1, -0.05) is 59.6 Å². The minimum absolute atomic E-state index is 0.00207. The lowest BCUT2D eigenvalue weighted by molar-refractivity contribution is -0.148. The lowest BCUT2D eigenvalue weighted by Crippen LogP contribution is -2.48. The van der Waals surface area contributed by atoms with E-state index in [0.29, 0.717) is 10.6 Å². The lowest BCUT2D eigenvalue weighted by atomic mass is 9.96. The summed E-state index contributed by atoms with van der Waals surface area (Å²) in [5.41, 5.74) is -0.0986. The number of aliphatic hydroxyl groups is 1. The van der Waals surface area contributed by atoms with Crippen molar-refractivity contribution in [1.82, 2.24) is 5.32 Å². The second kappa shape index (κ2) is 10.6. The van der Waals surface area contributed by atoms with E-state index in [1.165, 1.54) is 24.3 Å². The third-order valence-corrected chi connectivity index (χ3v) is 5.73. The van der Waals surface area contributed by atoms with Gasteiger partial charge in [-0.05, 0) is 41.8 Å². The molecule has 0 fully saturated rings. The van der Waals surface area contributed by atoms with Crippen LogP contribution >= 0.6 is 23.2 Å². The van der Waals surface area contributed by atoms with E-state index < -0.39 is 40.8 Å². The predicted octanol–water partition coefficient (Wildman–Crippen LogP) is 4.28. The van der Waals surface area contributed by atoms with E-state index >= 15 is 0 Å². The van der Waals surface area contributed by atoms with Gasteiger partial charge in [0, 0.05) is 16.1 Å². The first-order valence-corrected chi connectivity index (χ1v) is 10.6. The third kappa shape index (κ3) is 5.53. The molecule has 10 heteroatoms. The fraction of sp³-hybridized carbons (Fsp3) is 0.125. The van der Waals surface area contributed by atoms with Crippen LogP contribution < -0.4 is 5.32 Å². The number of hydrogen-bond acceptors (Lipinski definition) is 4. The van der Waals surface area contributed by atoms with E-state index in [9.17, 15) is 34.1 Å². The largest absolute Gasteiger partial charge is 0.479 e. The van der Waals surface area contributed by atoms with Gasteiger partial charge >= 0.3 is 11.9 Å². The number of aliphatic hydroxyl groups excluding tert-OH is 1. The highest BCUT2D eigenvalue weighted by Crippen LogP contribution is 2.32. The summed E-state index contributed by atoms with van der Waals surface area (Å²) in [5.74, 6) is -4.64. The molecule has 34 heavy (non-hydrogen) atoms. The van der Waals surface area contributed by atoms with Gasteiger partial charge in [0.05, 0.1) is 16.6 Å². The zero-order valence-corrected chi connectivity index (χ0v) is 18.8. The first-order valence-electron chi connectivity index (χ1n) is 9.87. The number of aromatic carboxylic acids is 1. The van der Waals surface area contributed by atoms with Crippen LogP contribution in [0.1, 0.15) is 26.3 Å². The molecule has 0 unspecified atom stereocenters. The fourth-order valence-electron chi connectivity index (χ4n) is 3.39. The van der Waals surface area contributed by atoms with Gasteiger partial charge in [-0.25, -0.2) is 14.0 Å². The second-order valence-electron chi connectivity index (χ2n) is 7.33. The maximum Gasteiger partial charge on any atom is 0.336 e. The fourth-order valence-corrected chi connectivity index (χ4v) is 3.82. The zero-order valence-electron chi connectivity index (χ0n) is 17.3. The van der Waals surface area contributed by atoms with Crippen molar-refractivity contribution in [2.45, 2.75) is 18.6 Å². The number of carboxylic acid groups (broad SMARTS) is 2. The summed E-state index contributed by atoms with van der Waals surface area (Å²) in [6, 6.07) is 13.0. The van der Waals surface area contributed by atoms with Crippen molar-refractivity contribution in [3.63, 3.8) is 0 Å². The van der Waals surface area contributed by atoms with Crippen LogP contribution in [0.15, 0.2) is 60.7 Å². The van der Waals surface area contributed by atoms with Crippen LogP contribution in [0.5, 0.6) is 0 Å². The molecule has 0 saturated carbocycles. The number of carbonyl (C=O) groups is 3. The van der Waals surface area contributed by atoms with Crippen LogP contribution in [0.2, 0.25) is 10.0 Å². The summed E-state index contributed by atoms with van der Waals surface area (Å²) in [6.07, 6.45) is -2.08. The Morgan fingerprint density at radius 3 is 2.21 bits per heavy atom. The number of rotatable bonds is 8. The molecule has 0 spiro atoms. The average Bonchev–Trinajstić information content (AvgIpc) is 2.80. The number of aliphatic carboxylic acids is 1. The minimum Gasteiger partial charge on any atom is -0.479 e. The van der Waals surface area contributed by atoms with Crippen LogP contribution in [-0.4, -0.2) is 45.3 Å². The van der Waals surface area contributed by atoms with Crippen LogP contribution in [0.3, 0.4) is 0 Å². The SMILES string of the molecule is O=C(N[C@H](Cc1ccccc1Cl)[C@@H](O)C(=O)O)c1cc(Cl)c(F)c(-c2ccccc2C(=O)O)c1. The first-order chi connectivity index (χ1) is 16.1. The van der Waals surface area contributed by atoms with E-state index in [4.69, 9.17) is 23.2 Å². The molecule has 176 valence electrons. The molecule has 7 nitrogen and oxygen atoms in total. The molecule has 0 bridgehead atoms. The maximum atomic E-state index is 14.8. The summed E-state index contributed by atoms with van der Waals surface area (Å²) in [4.78, 5) is 36.0. The quantitative estimate of drug-likeness (QED) is 0.362. The molecule has 2 atom stereocenters. The highest BCUT2D eigenvalue weighted by Gasteiger charge is 2.29. The van der Waals surface area contributed by atoms with Gasteiger partial charge in [-0.15, -0.1) is 0 Å². The summed E-state index contributed by atoms with van der Waals surface area (Å²) in [6.45, 7) is 0. The molecular formula is C24H18Cl2FNO6.